The number of oxime groups is 1. The van der Waals surface area contributed by atoms with Gasteiger partial charge in [-0.25, -0.2) is 14.2 Å². The Kier molecular flexibility index (Phi) is 7.45. The van der Waals surface area contributed by atoms with E-state index in [4.69, 9.17) is 26.3 Å². The van der Waals surface area contributed by atoms with Crippen molar-refractivity contribution in [2.24, 2.45) is 11.1 Å². The van der Waals surface area contributed by atoms with Crippen LogP contribution in [0.3, 0.4) is 0 Å². The van der Waals surface area contributed by atoms with E-state index in [-0.39, 0.29) is 24.1 Å². The molecule has 4 rings (SSSR count). The summed E-state index contributed by atoms with van der Waals surface area (Å²) in [6.45, 7) is 1.64. The molecular formula is C24H24ClFN2O4S. The van der Waals surface area contributed by atoms with Crippen LogP contribution in [0.4, 0.5) is 4.39 Å². The topological polar surface area (TPSA) is 81.0 Å². The predicted octanol–water partition coefficient (Wildman–Crippen LogP) is 6.77. The van der Waals surface area contributed by atoms with Gasteiger partial charge in [-0.3, -0.25) is 0 Å². The standard InChI is InChI=1S/C24H24ClFN2O4S/c1-14(24(29)30)28-32-23(15-5-3-2-4-6-15)18-9-8-17(12-19(18)25)31-13-22-27-20-11-16(26)7-10-21(20)33-22/h7-12,15,23H,2-6,13H2,1H3,(H,29,30)/b28-14-/t23-/m1/s1. The van der Waals surface area contributed by atoms with Gasteiger partial charge in [-0.2, -0.15) is 0 Å². The van der Waals surface area contributed by atoms with Crippen molar-refractivity contribution in [3.63, 3.8) is 0 Å². The Morgan fingerprint density at radius 3 is 2.79 bits per heavy atom. The Morgan fingerprint density at radius 1 is 1.27 bits per heavy atom. The van der Waals surface area contributed by atoms with Gasteiger partial charge in [0.15, 0.2) is 11.8 Å². The van der Waals surface area contributed by atoms with Crippen molar-refractivity contribution in [3.8, 4) is 5.75 Å². The summed E-state index contributed by atoms with van der Waals surface area (Å²) in [7, 11) is 0. The summed E-state index contributed by atoms with van der Waals surface area (Å²) in [5.41, 5.74) is 1.26. The summed E-state index contributed by atoms with van der Waals surface area (Å²) in [4.78, 5) is 21.3. The normalized spacial score (nSPS) is 16.0. The molecule has 2 aromatic carbocycles. The second kappa shape index (κ2) is 10.5. The SMILES string of the molecule is C/C(=N/O[C@@H](c1ccc(OCc2nc3cc(F)ccc3s2)cc1Cl)C1CCCCC1)C(=O)O. The predicted molar refractivity (Wildman–Crippen MR) is 127 cm³/mol. The molecule has 1 N–H and O–H groups in total. The fourth-order valence-corrected chi connectivity index (χ4v) is 5.13. The summed E-state index contributed by atoms with van der Waals surface area (Å²) in [6.07, 6.45) is 4.88. The highest BCUT2D eigenvalue weighted by Gasteiger charge is 2.29. The average molecular weight is 491 g/mol. The first-order chi connectivity index (χ1) is 15.9. The highest BCUT2D eigenvalue weighted by molar-refractivity contribution is 7.18. The van der Waals surface area contributed by atoms with E-state index in [1.54, 1.807) is 18.2 Å². The Bertz CT molecular complexity index is 1180. The van der Waals surface area contributed by atoms with Crippen LogP contribution in [0.2, 0.25) is 5.02 Å². The fraction of sp³-hybridized carbons (Fsp3) is 0.375. The maximum absolute atomic E-state index is 13.4. The van der Waals surface area contributed by atoms with Crippen molar-refractivity contribution in [2.45, 2.75) is 51.7 Å². The average Bonchev–Trinajstić information content (AvgIpc) is 3.21. The lowest BCUT2D eigenvalue weighted by atomic mass is 9.82. The van der Waals surface area contributed by atoms with Crippen LogP contribution in [-0.4, -0.2) is 21.8 Å². The van der Waals surface area contributed by atoms with Gasteiger partial charge in [-0.05, 0) is 44.0 Å². The van der Waals surface area contributed by atoms with Gasteiger partial charge in [0.25, 0.3) is 0 Å². The molecular weight excluding hydrogens is 467 g/mol. The number of nitrogens with zero attached hydrogens (tertiary/aromatic N) is 2. The van der Waals surface area contributed by atoms with E-state index in [0.29, 0.717) is 16.3 Å². The quantitative estimate of drug-likeness (QED) is 0.278. The van der Waals surface area contributed by atoms with Crippen molar-refractivity contribution >= 4 is 44.8 Å². The smallest absolute Gasteiger partial charge is 0.353 e. The highest BCUT2D eigenvalue weighted by Crippen LogP contribution is 2.40. The number of aliphatic carboxylic acids is 1. The molecule has 1 heterocycles. The molecule has 3 aromatic rings. The lowest BCUT2D eigenvalue weighted by Crippen LogP contribution is -2.19. The van der Waals surface area contributed by atoms with Crippen molar-refractivity contribution < 1.29 is 23.9 Å². The molecule has 9 heteroatoms. The number of carboxylic acid groups (broad SMARTS) is 1. The summed E-state index contributed by atoms with van der Waals surface area (Å²) in [5, 5.41) is 14.1. The molecule has 174 valence electrons. The molecule has 6 nitrogen and oxygen atoms in total. The zero-order chi connectivity index (χ0) is 23.4. The van der Waals surface area contributed by atoms with Crippen LogP contribution < -0.4 is 4.74 Å². The van der Waals surface area contributed by atoms with Crippen molar-refractivity contribution in [2.75, 3.05) is 0 Å². The molecule has 0 aliphatic heterocycles. The zero-order valence-electron chi connectivity index (χ0n) is 18.1. The molecule has 0 bridgehead atoms. The zero-order valence-corrected chi connectivity index (χ0v) is 19.7. The Labute approximate surface area is 200 Å². The van der Waals surface area contributed by atoms with Gasteiger partial charge in [0.2, 0.25) is 0 Å². The minimum atomic E-state index is -1.12. The van der Waals surface area contributed by atoms with Crippen LogP contribution in [0.15, 0.2) is 41.6 Å². The molecule has 1 aromatic heterocycles. The highest BCUT2D eigenvalue weighted by atomic mass is 35.5. The van der Waals surface area contributed by atoms with Gasteiger partial charge < -0.3 is 14.7 Å². The molecule has 0 saturated heterocycles. The summed E-state index contributed by atoms with van der Waals surface area (Å²) >= 11 is 8.05. The molecule has 0 unspecified atom stereocenters. The van der Waals surface area contributed by atoms with Crippen molar-refractivity contribution in [3.05, 3.63) is 57.8 Å². The van der Waals surface area contributed by atoms with Crippen LogP contribution >= 0.6 is 22.9 Å². The van der Waals surface area contributed by atoms with Crippen LogP contribution in [0, 0.1) is 11.7 Å². The number of halogens is 2. The Morgan fingerprint density at radius 2 is 2.06 bits per heavy atom. The summed E-state index contributed by atoms with van der Waals surface area (Å²) in [6, 6.07) is 9.89. The number of carboxylic acids is 1. The molecule has 0 spiro atoms. The number of fused-ring (bicyclic) bond motifs is 1. The van der Waals surface area contributed by atoms with Crippen LogP contribution in [-0.2, 0) is 16.2 Å². The van der Waals surface area contributed by atoms with Gasteiger partial charge >= 0.3 is 5.97 Å². The van der Waals surface area contributed by atoms with E-state index < -0.39 is 12.1 Å². The molecule has 1 atom stereocenters. The number of ether oxygens (including phenoxy) is 1. The Hall–Kier alpha value is -2.71. The monoisotopic (exact) mass is 490 g/mol. The van der Waals surface area contributed by atoms with Crippen LogP contribution in [0.1, 0.15) is 55.7 Å². The number of thiazole rings is 1. The van der Waals surface area contributed by atoms with E-state index in [1.165, 1.54) is 36.8 Å². The first-order valence-corrected chi connectivity index (χ1v) is 12.0. The summed E-state index contributed by atoms with van der Waals surface area (Å²) in [5.74, 6) is -0.664. The third-order valence-corrected chi connectivity index (χ3v) is 7.06. The minimum Gasteiger partial charge on any atom is -0.486 e. The molecule has 0 amide bonds. The number of hydrogen-bond acceptors (Lipinski definition) is 6. The van der Waals surface area contributed by atoms with Crippen LogP contribution in [0.5, 0.6) is 5.75 Å². The number of aromatic nitrogens is 1. The van der Waals surface area contributed by atoms with Gasteiger partial charge in [0, 0.05) is 17.5 Å². The largest absolute Gasteiger partial charge is 0.486 e. The lowest BCUT2D eigenvalue weighted by Gasteiger charge is -2.29. The van der Waals surface area contributed by atoms with Crippen molar-refractivity contribution in [1.82, 2.24) is 4.98 Å². The number of carbonyl (C=O) groups is 1. The second-order valence-electron chi connectivity index (χ2n) is 8.10. The van der Waals surface area contributed by atoms with E-state index in [2.05, 4.69) is 10.1 Å². The molecule has 1 aliphatic carbocycles. The molecule has 1 saturated carbocycles. The van der Waals surface area contributed by atoms with Gasteiger partial charge in [0.05, 0.1) is 15.2 Å². The molecule has 1 aliphatic rings. The van der Waals surface area contributed by atoms with Gasteiger partial charge in [-0.15, -0.1) is 11.3 Å². The molecule has 1 fully saturated rings. The van der Waals surface area contributed by atoms with E-state index in [0.717, 1.165) is 41.0 Å². The number of hydrogen-bond donors (Lipinski definition) is 1. The maximum atomic E-state index is 13.4. The minimum absolute atomic E-state index is 0.109. The fourth-order valence-electron chi connectivity index (χ4n) is 3.99. The van der Waals surface area contributed by atoms with E-state index in [1.807, 2.05) is 6.07 Å². The lowest BCUT2D eigenvalue weighted by molar-refractivity contribution is -0.129. The molecule has 0 radical (unpaired) electrons. The molecule has 33 heavy (non-hydrogen) atoms. The van der Waals surface area contributed by atoms with E-state index >= 15 is 0 Å². The van der Waals surface area contributed by atoms with Crippen LogP contribution in [0.25, 0.3) is 10.2 Å². The third kappa shape index (κ3) is 5.81. The first kappa shape index (κ1) is 23.4. The first-order valence-electron chi connectivity index (χ1n) is 10.8. The summed E-state index contributed by atoms with van der Waals surface area (Å²) < 4.78 is 20.2. The second-order valence-corrected chi connectivity index (χ2v) is 9.62. The maximum Gasteiger partial charge on any atom is 0.353 e. The number of benzene rings is 2. The van der Waals surface area contributed by atoms with E-state index in [9.17, 15) is 9.18 Å². The number of rotatable bonds is 8. The van der Waals surface area contributed by atoms with Gasteiger partial charge in [0.1, 0.15) is 23.2 Å². The van der Waals surface area contributed by atoms with Crippen molar-refractivity contribution in [1.29, 1.82) is 0 Å². The Balaban J connectivity index is 1.50. The van der Waals surface area contributed by atoms with Gasteiger partial charge in [-0.1, -0.05) is 42.1 Å². The third-order valence-electron chi connectivity index (χ3n) is 5.73.